The molecule has 5 unspecified atom stereocenters. The molecule has 0 spiro atoms. The van der Waals surface area contributed by atoms with E-state index in [-0.39, 0.29) is 25.7 Å². The molecule has 0 radical (unpaired) electrons. The molecule has 3 N–H and O–H groups in total. The maximum absolute atomic E-state index is 13.1. The van der Waals surface area contributed by atoms with Crippen LogP contribution in [-0.2, 0) is 65.4 Å². The van der Waals surface area contributed by atoms with E-state index in [1.54, 1.807) is 0 Å². The summed E-state index contributed by atoms with van der Waals surface area (Å²) in [7, 11) is -9.96. The van der Waals surface area contributed by atoms with Crippen molar-refractivity contribution in [1.29, 1.82) is 0 Å². The number of unbranched alkanes of at least 4 members (excludes halogenated alkanes) is 25. The molecule has 0 aromatic heterocycles. The Hall–Kier alpha value is -4.28. The Morgan fingerprint density at radius 2 is 0.573 bits per heavy atom. The van der Waals surface area contributed by atoms with Gasteiger partial charge in [-0.3, -0.25) is 37.3 Å². The second kappa shape index (κ2) is 69.2. The fourth-order valence-electron chi connectivity index (χ4n) is 9.55. The van der Waals surface area contributed by atoms with Crippen molar-refractivity contribution in [3.63, 3.8) is 0 Å². The fourth-order valence-corrected chi connectivity index (χ4v) is 11.1. The number of esters is 4. The summed E-state index contributed by atoms with van der Waals surface area (Å²) in [6, 6.07) is 0. The lowest BCUT2D eigenvalue weighted by atomic mass is 10.1. The van der Waals surface area contributed by atoms with E-state index in [1.165, 1.54) is 70.6 Å². The summed E-state index contributed by atoms with van der Waals surface area (Å²) in [5.74, 6) is -2.29. The van der Waals surface area contributed by atoms with Crippen LogP contribution in [0.1, 0.15) is 297 Å². The van der Waals surface area contributed by atoms with Crippen molar-refractivity contribution in [3.8, 4) is 0 Å². The van der Waals surface area contributed by atoms with Crippen LogP contribution in [0.2, 0.25) is 0 Å². The summed E-state index contributed by atoms with van der Waals surface area (Å²) in [6.45, 7) is 4.57. The number of phosphoric acid groups is 2. The van der Waals surface area contributed by atoms with Crippen LogP contribution in [0, 0.1) is 0 Å². The van der Waals surface area contributed by atoms with E-state index in [0.717, 1.165) is 141 Å². The van der Waals surface area contributed by atoms with E-state index in [1.807, 2.05) is 18.2 Å². The number of hydrogen-bond donors (Lipinski definition) is 3. The molecule has 17 nitrogen and oxygen atoms in total. The number of aliphatic hydroxyl groups is 1. The normalized spacial score (nSPS) is 14.6. The van der Waals surface area contributed by atoms with Gasteiger partial charge >= 0.3 is 39.5 Å². The molecule has 0 saturated carbocycles. The van der Waals surface area contributed by atoms with E-state index in [0.29, 0.717) is 32.1 Å². The quantitative estimate of drug-likeness (QED) is 0.0169. The zero-order chi connectivity index (χ0) is 70.4. The minimum atomic E-state index is -4.99. The SMILES string of the molecule is CC/C=C\C/C=C\C/C=C\C/C=C\C/C=C\C/C=C\CCC(=O)OCC(COP(=O)(O)OCC(O)COP(=O)(O)OCC(COC(=O)CCCCCCC/C=C\CCCC)OC(=O)CCCCCCCCCCCCC)OC(=O)CCCCCCC/C=C\C/C=C\CCCCC. The fraction of sp³-hybridized carbons (Fsp3) is 0.714. The van der Waals surface area contributed by atoms with Gasteiger partial charge in [-0.15, -0.1) is 0 Å². The molecule has 0 rings (SSSR count). The van der Waals surface area contributed by atoms with Crippen molar-refractivity contribution in [1.82, 2.24) is 0 Å². The molecule has 96 heavy (non-hydrogen) atoms. The molecule has 5 atom stereocenters. The van der Waals surface area contributed by atoms with E-state index < -0.39 is 97.5 Å². The highest BCUT2D eigenvalue weighted by molar-refractivity contribution is 7.47. The van der Waals surface area contributed by atoms with Gasteiger partial charge in [-0.1, -0.05) is 265 Å². The molecule has 0 heterocycles. The Balaban J connectivity index is 5.40. The summed E-state index contributed by atoms with van der Waals surface area (Å²) in [6.07, 6.45) is 72.5. The molecular weight excluding hydrogens is 1260 g/mol. The van der Waals surface area contributed by atoms with Gasteiger partial charge in [0.25, 0.3) is 0 Å². The summed E-state index contributed by atoms with van der Waals surface area (Å²) >= 11 is 0. The third kappa shape index (κ3) is 68.3. The Morgan fingerprint density at radius 3 is 0.958 bits per heavy atom. The number of carbonyl (C=O) groups excluding carboxylic acids is 4. The van der Waals surface area contributed by atoms with Crippen LogP contribution in [-0.4, -0.2) is 96.7 Å². The average molecular weight is 1390 g/mol. The van der Waals surface area contributed by atoms with Crippen molar-refractivity contribution in [2.75, 3.05) is 39.6 Å². The van der Waals surface area contributed by atoms with Gasteiger partial charge in [0, 0.05) is 25.7 Å². The third-order valence-electron chi connectivity index (χ3n) is 15.2. The highest BCUT2D eigenvalue weighted by Gasteiger charge is 2.30. The summed E-state index contributed by atoms with van der Waals surface area (Å²) in [5.41, 5.74) is 0. The molecule has 19 heteroatoms. The first kappa shape index (κ1) is 91.7. The molecule has 0 bridgehead atoms. The lowest BCUT2D eigenvalue weighted by molar-refractivity contribution is -0.161. The standard InChI is InChI=1S/C77H132O17P2/c1-5-9-13-17-21-25-29-31-33-34-35-36-38-39-43-46-50-54-58-62-75(80)88-68-73(94-77(82)64-60-56-52-48-44-40-37-32-30-26-22-18-14-10-6-2)70-92-96(85,86)90-66-71(78)65-89-95(83,84)91-69-72(93-76(81)63-59-55-51-47-42-28-24-20-16-12-8-4)67-87-74(79)61-57-53-49-45-41-27-23-19-15-11-7-3/h9,13,19,21-23,25-26,31-33,35-37,39,43,50,54,71-73,78H,5-8,10-12,14-18,20,24,27-30,34,38,40-42,44-49,51-53,55-70H2,1-4H3,(H,83,84)(H,85,86)/b13-9-,23-19-,25-21-,26-22-,33-31-,36-35-,37-32-,43-39-,54-50-. The lowest BCUT2D eigenvalue weighted by Crippen LogP contribution is -2.30. The second-order valence-corrected chi connectivity index (χ2v) is 27.4. The van der Waals surface area contributed by atoms with Crippen LogP contribution in [0.25, 0.3) is 0 Å². The van der Waals surface area contributed by atoms with Gasteiger partial charge < -0.3 is 33.8 Å². The molecule has 0 amide bonds. The first-order valence-corrected chi connectivity index (χ1v) is 40.1. The maximum atomic E-state index is 13.1. The van der Waals surface area contributed by atoms with Gasteiger partial charge in [0.15, 0.2) is 12.2 Å². The Labute approximate surface area is 581 Å². The molecule has 0 aliphatic heterocycles. The number of aliphatic hydroxyl groups excluding tert-OH is 1. The lowest BCUT2D eigenvalue weighted by Gasteiger charge is -2.21. The molecule has 0 fully saturated rings. The van der Waals surface area contributed by atoms with Crippen LogP contribution in [0.15, 0.2) is 109 Å². The van der Waals surface area contributed by atoms with Crippen molar-refractivity contribution in [3.05, 3.63) is 109 Å². The molecule has 0 saturated heterocycles. The number of allylic oxidation sites excluding steroid dienone is 18. The topological polar surface area (TPSA) is 237 Å². The van der Waals surface area contributed by atoms with Crippen LogP contribution in [0.5, 0.6) is 0 Å². The second-order valence-electron chi connectivity index (χ2n) is 24.5. The van der Waals surface area contributed by atoms with Crippen molar-refractivity contribution in [2.45, 2.75) is 316 Å². The number of carbonyl (C=O) groups is 4. The Kier molecular flexibility index (Phi) is 66.1. The zero-order valence-corrected chi connectivity index (χ0v) is 61.8. The predicted octanol–water partition coefficient (Wildman–Crippen LogP) is 21.0. The highest BCUT2D eigenvalue weighted by atomic mass is 31.2. The van der Waals surface area contributed by atoms with E-state index in [9.17, 15) is 43.2 Å². The monoisotopic (exact) mass is 1390 g/mol. The molecule has 0 aliphatic carbocycles. The van der Waals surface area contributed by atoms with E-state index >= 15 is 0 Å². The maximum Gasteiger partial charge on any atom is 0.472 e. The predicted molar refractivity (Wildman–Crippen MR) is 390 cm³/mol. The minimum absolute atomic E-state index is 0.0320. The molecule has 552 valence electrons. The Bertz CT molecular complexity index is 2250. The van der Waals surface area contributed by atoms with Gasteiger partial charge in [0.1, 0.15) is 19.3 Å². The number of phosphoric ester groups is 2. The third-order valence-corrected chi connectivity index (χ3v) is 17.1. The number of rotatable bonds is 69. The van der Waals surface area contributed by atoms with Crippen LogP contribution in [0.3, 0.4) is 0 Å². The molecular formula is C77H132O17P2. The van der Waals surface area contributed by atoms with Crippen LogP contribution in [0.4, 0.5) is 0 Å². The van der Waals surface area contributed by atoms with Gasteiger partial charge in [0.2, 0.25) is 0 Å². The molecule has 0 aromatic rings. The molecule has 0 aromatic carbocycles. The number of ether oxygens (including phenoxy) is 4. The summed E-state index contributed by atoms with van der Waals surface area (Å²) in [5, 5.41) is 10.6. The highest BCUT2D eigenvalue weighted by Crippen LogP contribution is 2.45. The number of hydrogen-bond acceptors (Lipinski definition) is 15. The van der Waals surface area contributed by atoms with Crippen molar-refractivity contribution < 1.29 is 80.2 Å². The van der Waals surface area contributed by atoms with Gasteiger partial charge in [-0.2, -0.15) is 0 Å². The van der Waals surface area contributed by atoms with Crippen LogP contribution >= 0.6 is 15.6 Å². The first-order valence-electron chi connectivity index (χ1n) is 37.1. The molecule has 0 aliphatic rings. The Morgan fingerprint density at radius 1 is 0.302 bits per heavy atom. The zero-order valence-electron chi connectivity index (χ0n) is 60.0. The minimum Gasteiger partial charge on any atom is -0.462 e. The average Bonchev–Trinajstić information content (AvgIpc) is 1.41. The first-order chi connectivity index (χ1) is 46.7. The van der Waals surface area contributed by atoms with E-state index in [2.05, 4.69) is 119 Å². The van der Waals surface area contributed by atoms with Crippen LogP contribution < -0.4 is 0 Å². The smallest absolute Gasteiger partial charge is 0.462 e. The van der Waals surface area contributed by atoms with Crippen molar-refractivity contribution in [2.24, 2.45) is 0 Å². The largest absolute Gasteiger partial charge is 0.472 e. The van der Waals surface area contributed by atoms with Crippen molar-refractivity contribution >= 4 is 39.5 Å². The summed E-state index contributed by atoms with van der Waals surface area (Å²) in [4.78, 5) is 72.6. The summed E-state index contributed by atoms with van der Waals surface area (Å²) < 4.78 is 68.2. The van der Waals surface area contributed by atoms with Gasteiger partial charge in [-0.05, 0) is 116 Å². The van der Waals surface area contributed by atoms with Gasteiger partial charge in [0.05, 0.1) is 26.4 Å². The van der Waals surface area contributed by atoms with E-state index in [4.69, 9.17) is 37.0 Å². The van der Waals surface area contributed by atoms with Gasteiger partial charge in [-0.25, -0.2) is 9.13 Å².